The van der Waals surface area contributed by atoms with E-state index in [1.54, 1.807) is 0 Å². The van der Waals surface area contributed by atoms with E-state index in [1.807, 2.05) is 12.1 Å². The Bertz CT molecular complexity index is 740. The Morgan fingerprint density at radius 1 is 1.13 bits per heavy atom. The first-order valence-corrected chi connectivity index (χ1v) is 12.1. The van der Waals surface area contributed by atoms with Crippen LogP contribution in [0, 0.1) is 11.7 Å². The third-order valence-electron chi connectivity index (χ3n) is 6.77. The van der Waals surface area contributed by atoms with Gasteiger partial charge in [0.2, 0.25) is 5.91 Å². The second-order valence-corrected chi connectivity index (χ2v) is 9.25. The number of likely N-dealkylation sites (tertiary alicyclic amines) is 1. The number of nitrogens with zero attached hydrogens (tertiary/aromatic N) is 1. The first-order chi connectivity index (χ1) is 15.0. The average molecular weight is 432 g/mol. The first-order valence-electron chi connectivity index (χ1n) is 12.1. The van der Waals surface area contributed by atoms with Crippen LogP contribution in [0.25, 0.3) is 0 Å². The van der Waals surface area contributed by atoms with Crippen molar-refractivity contribution in [3.63, 3.8) is 0 Å². The Morgan fingerprint density at radius 2 is 1.84 bits per heavy atom. The van der Waals surface area contributed by atoms with Crippen LogP contribution in [0.3, 0.4) is 0 Å². The van der Waals surface area contributed by atoms with Crippen molar-refractivity contribution in [3.05, 3.63) is 29.6 Å². The van der Waals surface area contributed by atoms with Crippen LogP contribution in [0.2, 0.25) is 0 Å². The van der Waals surface area contributed by atoms with E-state index < -0.39 is 6.04 Å². The molecule has 1 aromatic rings. The molecule has 0 aliphatic carbocycles. The molecule has 6 heteroatoms. The minimum atomic E-state index is -0.501. The summed E-state index contributed by atoms with van der Waals surface area (Å²) in [5.41, 5.74) is 1.37. The van der Waals surface area contributed by atoms with Gasteiger partial charge < -0.3 is 15.5 Å². The minimum Gasteiger partial charge on any atom is -0.374 e. The van der Waals surface area contributed by atoms with Crippen molar-refractivity contribution < 1.29 is 14.0 Å². The lowest BCUT2D eigenvalue weighted by Gasteiger charge is -2.34. The van der Waals surface area contributed by atoms with E-state index in [0.29, 0.717) is 18.5 Å². The van der Waals surface area contributed by atoms with Crippen molar-refractivity contribution in [2.45, 2.75) is 77.2 Å². The molecule has 0 radical (unpaired) electrons. The molecule has 3 rings (SSSR count). The summed E-state index contributed by atoms with van der Waals surface area (Å²) in [6, 6.07) is 4.73. The number of ketones is 1. The van der Waals surface area contributed by atoms with Gasteiger partial charge in [0.25, 0.3) is 0 Å². The SMILES string of the molecule is CCCC(CCC)CN1CCC(c2ccc(NC3CCC(=O)CNC3=O)cc2F)CC1. The number of anilines is 1. The van der Waals surface area contributed by atoms with Crippen molar-refractivity contribution in [3.8, 4) is 0 Å². The fourth-order valence-corrected chi connectivity index (χ4v) is 5.06. The summed E-state index contributed by atoms with van der Waals surface area (Å²) in [4.78, 5) is 26.2. The number of hydrogen-bond acceptors (Lipinski definition) is 4. The Labute approximate surface area is 186 Å². The molecule has 31 heavy (non-hydrogen) atoms. The lowest BCUT2D eigenvalue weighted by Crippen LogP contribution is -2.38. The van der Waals surface area contributed by atoms with Gasteiger partial charge in [0.1, 0.15) is 11.9 Å². The summed E-state index contributed by atoms with van der Waals surface area (Å²) in [5.74, 6) is 0.654. The predicted octanol–water partition coefficient (Wildman–Crippen LogP) is 4.48. The molecule has 0 saturated carbocycles. The Hall–Kier alpha value is -1.95. The monoisotopic (exact) mass is 431 g/mol. The molecular formula is C25H38FN3O2. The number of Topliss-reactive ketones (excluding diaryl/α,β-unsaturated/α-hetero) is 1. The molecule has 1 aromatic carbocycles. The van der Waals surface area contributed by atoms with Crippen LogP contribution in [0.5, 0.6) is 0 Å². The van der Waals surface area contributed by atoms with Crippen molar-refractivity contribution in [2.24, 2.45) is 5.92 Å². The number of carbonyl (C=O) groups excluding carboxylic acids is 2. The highest BCUT2D eigenvalue weighted by molar-refractivity contribution is 5.92. The van der Waals surface area contributed by atoms with E-state index in [0.717, 1.165) is 37.4 Å². The number of piperidine rings is 1. The zero-order valence-electron chi connectivity index (χ0n) is 19.1. The van der Waals surface area contributed by atoms with Gasteiger partial charge in [-0.25, -0.2) is 4.39 Å². The van der Waals surface area contributed by atoms with Gasteiger partial charge in [-0.15, -0.1) is 0 Å². The zero-order chi connectivity index (χ0) is 22.2. The molecule has 172 valence electrons. The summed E-state index contributed by atoms with van der Waals surface area (Å²) < 4.78 is 14.9. The van der Waals surface area contributed by atoms with Crippen LogP contribution >= 0.6 is 0 Å². The number of hydrogen-bond donors (Lipinski definition) is 2. The second-order valence-electron chi connectivity index (χ2n) is 9.25. The van der Waals surface area contributed by atoms with Gasteiger partial charge in [-0.3, -0.25) is 9.59 Å². The second kappa shape index (κ2) is 11.6. The van der Waals surface area contributed by atoms with Crippen LogP contribution < -0.4 is 10.6 Å². The molecule has 1 unspecified atom stereocenters. The minimum absolute atomic E-state index is 0.0289. The van der Waals surface area contributed by atoms with Crippen molar-refractivity contribution in [2.75, 3.05) is 31.5 Å². The molecule has 1 amide bonds. The fourth-order valence-electron chi connectivity index (χ4n) is 5.06. The van der Waals surface area contributed by atoms with Gasteiger partial charge >= 0.3 is 0 Å². The summed E-state index contributed by atoms with van der Waals surface area (Å²) in [6.07, 6.45) is 7.84. The standard InChI is InChI=1S/C25H38FN3O2/c1-3-5-18(6-4-2)17-29-13-11-19(12-14-29)22-9-7-20(15-23(22)26)28-24-10-8-21(30)16-27-25(24)31/h7,9,15,18-19,24,28H,3-6,8,10-14,16-17H2,1-2H3,(H,27,31). The Kier molecular flexibility index (Phi) is 8.88. The number of rotatable bonds is 9. The number of halogens is 1. The van der Waals surface area contributed by atoms with Gasteiger partial charge in [0, 0.05) is 18.7 Å². The molecular weight excluding hydrogens is 393 g/mol. The van der Waals surface area contributed by atoms with Gasteiger partial charge in [0.15, 0.2) is 5.78 Å². The highest BCUT2D eigenvalue weighted by atomic mass is 19.1. The molecule has 0 spiro atoms. The largest absolute Gasteiger partial charge is 0.374 e. The maximum Gasteiger partial charge on any atom is 0.242 e. The maximum absolute atomic E-state index is 14.9. The lowest BCUT2D eigenvalue weighted by atomic mass is 9.88. The highest BCUT2D eigenvalue weighted by Crippen LogP contribution is 2.32. The van der Waals surface area contributed by atoms with Crippen LogP contribution in [0.4, 0.5) is 10.1 Å². The van der Waals surface area contributed by atoms with Gasteiger partial charge in [-0.05, 0) is 74.7 Å². The summed E-state index contributed by atoms with van der Waals surface area (Å²) in [6.45, 7) is 7.84. The molecule has 0 bridgehead atoms. The smallest absolute Gasteiger partial charge is 0.242 e. The summed E-state index contributed by atoms with van der Waals surface area (Å²) in [5, 5.41) is 5.73. The van der Waals surface area contributed by atoms with Gasteiger partial charge in [-0.2, -0.15) is 0 Å². The van der Waals surface area contributed by atoms with E-state index in [1.165, 1.54) is 38.3 Å². The number of nitrogens with one attached hydrogen (secondary N) is 2. The van der Waals surface area contributed by atoms with Crippen molar-refractivity contribution in [1.82, 2.24) is 10.2 Å². The number of amides is 1. The van der Waals surface area contributed by atoms with E-state index in [9.17, 15) is 14.0 Å². The van der Waals surface area contributed by atoms with E-state index in [-0.39, 0.29) is 30.0 Å². The third kappa shape index (κ3) is 6.76. The lowest BCUT2D eigenvalue weighted by molar-refractivity contribution is -0.123. The van der Waals surface area contributed by atoms with Gasteiger partial charge in [0.05, 0.1) is 6.54 Å². The molecule has 2 aliphatic heterocycles. The van der Waals surface area contributed by atoms with E-state index in [2.05, 4.69) is 29.4 Å². The number of carbonyl (C=O) groups is 2. The molecule has 2 fully saturated rings. The first kappa shape index (κ1) is 23.7. The Morgan fingerprint density at radius 3 is 2.48 bits per heavy atom. The molecule has 5 nitrogen and oxygen atoms in total. The van der Waals surface area contributed by atoms with Crippen LogP contribution in [-0.4, -0.2) is 48.8 Å². The van der Waals surface area contributed by atoms with Gasteiger partial charge in [-0.1, -0.05) is 32.8 Å². The molecule has 2 heterocycles. The average Bonchev–Trinajstić information content (AvgIpc) is 2.91. The maximum atomic E-state index is 14.9. The normalized spacial score (nSPS) is 21.2. The quantitative estimate of drug-likeness (QED) is 0.605. The zero-order valence-corrected chi connectivity index (χ0v) is 19.1. The predicted molar refractivity (Wildman–Crippen MR) is 123 cm³/mol. The molecule has 0 aromatic heterocycles. The fraction of sp³-hybridized carbons (Fsp3) is 0.680. The van der Waals surface area contributed by atoms with Crippen LogP contribution in [0.15, 0.2) is 18.2 Å². The van der Waals surface area contributed by atoms with Crippen molar-refractivity contribution >= 4 is 17.4 Å². The highest BCUT2D eigenvalue weighted by Gasteiger charge is 2.26. The summed E-state index contributed by atoms with van der Waals surface area (Å²) in [7, 11) is 0. The molecule has 1 atom stereocenters. The van der Waals surface area contributed by atoms with E-state index in [4.69, 9.17) is 0 Å². The third-order valence-corrected chi connectivity index (χ3v) is 6.77. The van der Waals surface area contributed by atoms with Crippen LogP contribution in [-0.2, 0) is 9.59 Å². The topological polar surface area (TPSA) is 61.4 Å². The van der Waals surface area contributed by atoms with Crippen molar-refractivity contribution in [1.29, 1.82) is 0 Å². The molecule has 2 saturated heterocycles. The Balaban J connectivity index is 1.55. The van der Waals surface area contributed by atoms with Crippen LogP contribution in [0.1, 0.15) is 76.7 Å². The molecule has 2 aliphatic rings. The summed E-state index contributed by atoms with van der Waals surface area (Å²) >= 11 is 0. The molecule has 2 N–H and O–H groups in total. The number of benzene rings is 1. The van der Waals surface area contributed by atoms with E-state index >= 15 is 0 Å².